The average molecular weight is 382 g/mol. The number of aromatic nitrogens is 1. The first-order valence-electron chi connectivity index (χ1n) is 8.54. The number of rotatable bonds is 7. The quantitative estimate of drug-likeness (QED) is 0.634. The summed E-state index contributed by atoms with van der Waals surface area (Å²) in [7, 11) is 1.63. The fourth-order valence-corrected chi connectivity index (χ4v) is 2.66. The van der Waals surface area contributed by atoms with Gasteiger partial charge in [-0.05, 0) is 48.4 Å². The first kappa shape index (κ1) is 18.7. The molecule has 0 atom stereocenters. The number of carbonyl (C=O) groups is 1. The SMILES string of the molecule is COc1cccc(Nc2ccc(C(=O)NCCc3ccc(Cl)cc3)nc2)c1. The normalized spacial score (nSPS) is 10.3. The molecule has 3 rings (SSSR count). The van der Waals surface area contributed by atoms with Gasteiger partial charge in [0.25, 0.3) is 5.91 Å². The highest BCUT2D eigenvalue weighted by atomic mass is 35.5. The van der Waals surface area contributed by atoms with Crippen LogP contribution in [0.2, 0.25) is 5.02 Å². The van der Waals surface area contributed by atoms with Gasteiger partial charge < -0.3 is 15.4 Å². The first-order chi connectivity index (χ1) is 13.1. The monoisotopic (exact) mass is 381 g/mol. The Morgan fingerprint density at radius 2 is 1.89 bits per heavy atom. The summed E-state index contributed by atoms with van der Waals surface area (Å²) < 4.78 is 5.20. The van der Waals surface area contributed by atoms with Crippen LogP contribution in [0, 0.1) is 0 Å². The van der Waals surface area contributed by atoms with Crippen molar-refractivity contribution < 1.29 is 9.53 Å². The number of anilines is 2. The van der Waals surface area contributed by atoms with E-state index in [-0.39, 0.29) is 5.91 Å². The van der Waals surface area contributed by atoms with Gasteiger partial charge in [0.2, 0.25) is 0 Å². The summed E-state index contributed by atoms with van der Waals surface area (Å²) in [6.07, 6.45) is 2.37. The molecule has 2 N–H and O–H groups in total. The predicted octanol–water partition coefficient (Wildman–Crippen LogP) is 4.46. The minimum absolute atomic E-state index is 0.197. The van der Waals surface area contributed by atoms with Gasteiger partial charge in [-0.3, -0.25) is 4.79 Å². The number of halogens is 1. The van der Waals surface area contributed by atoms with Crippen LogP contribution in [0.5, 0.6) is 5.75 Å². The number of benzene rings is 2. The summed E-state index contributed by atoms with van der Waals surface area (Å²) in [6, 6.07) is 18.7. The number of ether oxygens (including phenoxy) is 1. The maximum absolute atomic E-state index is 12.2. The Morgan fingerprint density at radius 3 is 2.59 bits per heavy atom. The van der Waals surface area contributed by atoms with Gasteiger partial charge >= 0.3 is 0 Å². The second-order valence-corrected chi connectivity index (χ2v) is 6.36. The summed E-state index contributed by atoms with van der Waals surface area (Å²) in [6.45, 7) is 0.534. The molecule has 0 unspecified atom stereocenters. The summed E-state index contributed by atoms with van der Waals surface area (Å²) in [5, 5.41) is 6.81. The zero-order chi connectivity index (χ0) is 19.1. The lowest BCUT2D eigenvalue weighted by molar-refractivity contribution is 0.0949. The van der Waals surface area contributed by atoms with E-state index in [1.165, 1.54) is 0 Å². The lowest BCUT2D eigenvalue weighted by atomic mass is 10.1. The Labute approximate surface area is 163 Å². The zero-order valence-corrected chi connectivity index (χ0v) is 15.7. The highest BCUT2D eigenvalue weighted by Crippen LogP contribution is 2.20. The average Bonchev–Trinajstić information content (AvgIpc) is 2.70. The van der Waals surface area contributed by atoms with Crippen LogP contribution in [0.15, 0.2) is 66.9 Å². The smallest absolute Gasteiger partial charge is 0.269 e. The third-order valence-electron chi connectivity index (χ3n) is 3.97. The van der Waals surface area contributed by atoms with Crippen LogP contribution in [0.3, 0.4) is 0 Å². The molecule has 27 heavy (non-hydrogen) atoms. The molecule has 6 heteroatoms. The molecule has 1 heterocycles. The van der Waals surface area contributed by atoms with E-state index < -0.39 is 0 Å². The van der Waals surface area contributed by atoms with E-state index in [9.17, 15) is 4.79 Å². The van der Waals surface area contributed by atoms with Crippen molar-refractivity contribution in [1.82, 2.24) is 10.3 Å². The van der Waals surface area contributed by atoms with Gasteiger partial charge in [-0.25, -0.2) is 4.98 Å². The zero-order valence-electron chi connectivity index (χ0n) is 14.9. The highest BCUT2D eigenvalue weighted by molar-refractivity contribution is 6.30. The summed E-state index contributed by atoms with van der Waals surface area (Å²) in [5.74, 6) is 0.571. The lowest BCUT2D eigenvalue weighted by Gasteiger charge is -2.09. The molecule has 0 aliphatic carbocycles. The van der Waals surface area contributed by atoms with E-state index in [1.54, 1.807) is 19.4 Å². The fourth-order valence-electron chi connectivity index (χ4n) is 2.53. The van der Waals surface area contributed by atoms with Crippen molar-refractivity contribution in [2.45, 2.75) is 6.42 Å². The van der Waals surface area contributed by atoms with Crippen molar-refractivity contribution in [1.29, 1.82) is 0 Å². The molecule has 1 aromatic heterocycles. The maximum Gasteiger partial charge on any atom is 0.269 e. The molecule has 0 radical (unpaired) electrons. The van der Waals surface area contributed by atoms with E-state index in [4.69, 9.17) is 16.3 Å². The topological polar surface area (TPSA) is 63.2 Å². The van der Waals surface area contributed by atoms with Crippen LogP contribution in [0.4, 0.5) is 11.4 Å². The Bertz CT molecular complexity index is 896. The Kier molecular flexibility index (Phi) is 6.28. The number of nitrogens with zero attached hydrogens (tertiary/aromatic N) is 1. The Morgan fingerprint density at radius 1 is 1.07 bits per heavy atom. The van der Waals surface area contributed by atoms with Crippen molar-refractivity contribution >= 4 is 28.9 Å². The van der Waals surface area contributed by atoms with E-state index >= 15 is 0 Å². The van der Waals surface area contributed by atoms with Crippen LogP contribution in [0.1, 0.15) is 16.1 Å². The van der Waals surface area contributed by atoms with Crippen LogP contribution >= 0.6 is 11.6 Å². The van der Waals surface area contributed by atoms with Gasteiger partial charge in [-0.1, -0.05) is 29.8 Å². The standard InChI is InChI=1S/C21H20ClN3O2/c1-27-19-4-2-3-17(13-19)25-18-9-10-20(24-14-18)21(26)23-12-11-15-5-7-16(22)8-6-15/h2-10,13-14,25H,11-12H2,1H3,(H,23,26). The third-order valence-corrected chi connectivity index (χ3v) is 4.22. The van der Waals surface area contributed by atoms with Crippen LogP contribution in [-0.2, 0) is 6.42 Å². The van der Waals surface area contributed by atoms with Crippen LogP contribution in [-0.4, -0.2) is 24.5 Å². The molecular formula is C21H20ClN3O2. The molecule has 138 valence electrons. The minimum Gasteiger partial charge on any atom is -0.497 e. The molecule has 0 bridgehead atoms. The van der Waals surface area contributed by atoms with E-state index in [0.29, 0.717) is 17.3 Å². The molecule has 0 spiro atoms. The Balaban J connectivity index is 1.52. The molecule has 0 aliphatic rings. The predicted molar refractivity (Wildman–Crippen MR) is 108 cm³/mol. The van der Waals surface area contributed by atoms with Gasteiger partial charge in [0, 0.05) is 23.3 Å². The number of nitrogens with one attached hydrogen (secondary N) is 2. The summed E-state index contributed by atoms with van der Waals surface area (Å²) >= 11 is 5.87. The van der Waals surface area contributed by atoms with E-state index in [1.807, 2.05) is 54.6 Å². The largest absolute Gasteiger partial charge is 0.497 e. The third kappa shape index (κ3) is 5.46. The first-order valence-corrected chi connectivity index (χ1v) is 8.91. The molecule has 0 fully saturated rings. The molecule has 2 aromatic carbocycles. The number of pyridine rings is 1. The van der Waals surface area contributed by atoms with Gasteiger partial charge in [-0.2, -0.15) is 0 Å². The van der Waals surface area contributed by atoms with Crippen molar-refractivity contribution in [2.75, 3.05) is 19.0 Å². The molecule has 0 saturated carbocycles. The van der Waals surface area contributed by atoms with Crippen LogP contribution in [0.25, 0.3) is 0 Å². The molecule has 3 aromatic rings. The second-order valence-electron chi connectivity index (χ2n) is 5.92. The van der Waals surface area contributed by atoms with Crippen molar-refractivity contribution in [2.24, 2.45) is 0 Å². The van der Waals surface area contributed by atoms with Gasteiger partial charge in [0.15, 0.2) is 0 Å². The molecular weight excluding hydrogens is 362 g/mol. The molecule has 1 amide bonds. The Hall–Kier alpha value is -3.05. The van der Waals surface area contributed by atoms with E-state index in [0.717, 1.165) is 29.1 Å². The number of carbonyl (C=O) groups excluding carboxylic acids is 1. The molecule has 5 nitrogen and oxygen atoms in total. The second kappa shape index (κ2) is 9.05. The fraction of sp³-hybridized carbons (Fsp3) is 0.143. The summed E-state index contributed by atoms with van der Waals surface area (Å²) in [4.78, 5) is 16.4. The summed E-state index contributed by atoms with van der Waals surface area (Å²) in [5.41, 5.74) is 3.17. The van der Waals surface area contributed by atoms with E-state index in [2.05, 4.69) is 15.6 Å². The van der Waals surface area contributed by atoms with Gasteiger partial charge in [0.05, 0.1) is 19.0 Å². The highest BCUT2D eigenvalue weighted by Gasteiger charge is 2.07. The van der Waals surface area contributed by atoms with Crippen molar-refractivity contribution in [3.63, 3.8) is 0 Å². The van der Waals surface area contributed by atoms with Gasteiger partial charge in [-0.15, -0.1) is 0 Å². The molecule has 0 aliphatic heterocycles. The number of methoxy groups -OCH3 is 1. The lowest BCUT2D eigenvalue weighted by Crippen LogP contribution is -2.26. The number of hydrogen-bond donors (Lipinski definition) is 2. The number of amides is 1. The maximum atomic E-state index is 12.2. The van der Waals surface area contributed by atoms with Crippen molar-refractivity contribution in [3.05, 3.63) is 83.1 Å². The number of hydrogen-bond acceptors (Lipinski definition) is 4. The van der Waals surface area contributed by atoms with Gasteiger partial charge in [0.1, 0.15) is 11.4 Å². The minimum atomic E-state index is -0.197. The molecule has 0 saturated heterocycles. The van der Waals surface area contributed by atoms with Crippen LogP contribution < -0.4 is 15.4 Å². The van der Waals surface area contributed by atoms with Crippen molar-refractivity contribution in [3.8, 4) is 5.75 Å².